The van der Waals surface area contributed by atoms with Gasteiger partial charge in [-0.05, 0) is 44.0 Å². The van der Waals surface area contributed by atoms with E-state index in [-0.39, 0.29) is 36.8 Å². The van der Waals surface area contributed by atoms with E-state index in [0.29, 0.717) is 12.1 Å². The second kappa shape index (κ2) is 12.6. The molecular formula is C16H29Cl2N3O. The molecule has 1 aromatic rings. The Morgan fingerprint density at radius 3 is 2.36 bits per heavy atom. The number of carbonyl (C=O) groups is 1. The number of anilines is 1. The molecular weight excluding hydrogens is 321 g/mol. The predicted molar refractivity (Wildman–Crippen MR) is 99.7 cm³/mol. The predicted octanol–water partition coefficient (Wildman–Crippen LogP) is 3.23. The zero-order valence-electron chi connectivity index (χ0n) is 13.7. The number of nitrogens with zero attached hydrogens (tertiary/aromatic N) is 1. The fourth-order valence-corrected chi connectivity index (χ4v) is 1.91. The van der Waals surface area contributed by atoms with E-state index in [1.807, 2.05) is 31.2 Å². The monoisotopic (exact) mass is 349 g/mol. The van der Waals surface area contributed by atoms with Crippen LogP contribution < -0.4 is 16.0 Å². The fourth-order valence-electron chi connectivity index (χ4n) is 1.91. The van der Waals surface area contributed by atoms with Crippen molar-refractivity contribution in [3.63, 3.8) is 0 Å². The number of rotatable bonds is 8. The second-order valence-corrected chi connectivity index (χ2v) is 5.34. The van der Waals surface area contributed by atoms with E-state index in [1.165, 1.54) is 12.8 Å². The zero-order chi connectivity index (χ0) is 15.0. The third kappa shape index (κ3) is 8.47. The molecule has 0 aliphatic carbocycles. The molecule has 1 aromatic carbocycles. The Bertz CT molecular complexity index is 410. The molecule has 4 nitrogen and oxygen atoms in total. The van der Waals surface area contributed by atoms with Crippen LogP contribution in [0.15, 0.2) is 24.3 Å². The summed E-state index contributed by atoms with van der Waals surface area (Å²) in [6, 6.07) is 7.86. The molecule has 0 radical (unpaired) electrons. The summed E-state index contributed by atoms with van der Waals surface area (Å²) in [4.78, 5) is 14.1. The standard InChI is InChI=1S/C16H27N3O.2ClH/c1-4-5-12-19(3)15-8-6-14(7-9-15)16(20)18-11-10-13(2)17;;/h6-9,13H,4-5,10-12,17H2,1-3H3,(H,18,20);2*1H. The first kappa shape index (κ1) is 23.3. The van der Waals surface area contributed by atoms with Gasteiger partial charge in [-0.3, -0.25) is 4.79 Å². The van der Waals surface area contributed by atoms with Crippen molar-refractivity contribution in [2.75, 3.05) is 25.0 Å². The van der Waals surface area contributed by atoms with E-state index in [2.05, 4.69) is 24.2 Å². The Morgan fingerprint density at radius 2 is 1.86 bits per heavy atom. The molecule has 3 N–H and O–H groups in total. The van der Waals surface area contributed by atoms with Crippen LogP contribution in [-0.4, -0.2) is 32.1 Å². The number of nitrogens with one attached hydrogen (secondary N) is 1. The minimum Gasteiger partial charge on any atom is -0.375 e. The van der Waals surface area contributed by atoms with Crippen molar-refractivity contribution in [2.24, 2.45) is 5.73 Å². The van der Waals surface area contributed by atoms with Crippen LogP contribution >= 0.6 is 24.8 Å². The van der Waals surface area contributed by atoms with Gasteiger partial charge in [0.2, 0.25) is 0 Å². The SMILES string of the molecule is CCCCN(C)c1ccc(C(=O)NCCC(C)N)cc1.Cl.Cl. The van der Waals surface area contributed by atoms with Gasteiger partial charge < -0.3 is 16.0 Å². The van der Waals surface area contributed by atoms with Crippen LogP contribution in [0.2, 0.25) is 0 Å². The van der Waals surface area contributed by atoms with E-state index in [9.17, 15) is 4.79 Å². The highest BCUT2D eigenvalue weighted by atomic mass is 35.5. The van der Waals surface area contributed by atoms with E-state index in [0.717, 1.165) is 18.7 Å². The third-order valence-electron chi connectivity index (χ3n) is 3.30. The van der Waals surface area contributed by atoms with Gasteiger partial charge in [0.05, 0.1) is 0 Å². The summed E-state index contributed by atoms with van der Waals surface area (Å²) in [7, 11) is 2.08. The number of amides is 1. The molecule has 0 aliphatic heterocycles. The van der Waals surface area contributed by atoms with E-state index >= 15 is 0 Å². The quantitative estimate of drug-likeness (QED) is 0.757. The Balaban J connectivity index is 0. The summed E-state index contributed by atoms with van der Waals surface area (Å²) < 4.78 is 0. The van der Waals surface area contributed by atoms with Gasteiger partial charge in [-0.15, -0.1) is 24.8 Å². The topological polar surface area (TPSA) is 58.4 Å². The molecule has 1 amide bonds. The molecule has 0 bridgehead atoms. The van der Waals surface area contributed by atoms with Crippen LogP contribution in [0.4, 0.5) is 5.69 Å². The maximum Gasteiger partial charge on any atom is 0.251 e. The summed E-state index contributed by atoms with van der Waals surface area (Å²) in [5.74, 6) is -0.0339. The zero-order valence-corrected chi connectivity index (χ0v) is 15.3. The fraction of sp³-hybridized carbons (Fsp3) is 0.562. The molecule has 0 heterocycles. The van der Waals surface area contributed by atoms with Gasteiger partial charge in [-0.25, -0.2) is 0 Å². The van der Waals surface area contributed by atoms with Crippen molar-refractivity contribution in [1.82, 2.24) is 5.32 Å². The second-order valence-electron chi connectivity index (χ2n) is 5.34. The molecule has 1 unspecified atom stereocenters. The van der Waals surface area contributed by atoms with Crippen LogP contribution in [0.3, 0.4) is 0 Å². The number of hydrogen-bond donors (Lipinski definition) is 2. The van der Waals surface area contributed by atoms with Crippen LogP contribution in [-0.2, 0) is 0 Å². The maximum atomic E-state index is 11.9. The average Bonchev–Trinajstić information content (AvgIpc) is 2.44. The molecule has 0 saturated heterocycles. The molecule has 0 spiro atoms. The lowest BCUT2D eigenvalue weighted by Crippen LogP contribution is -2.29. The highest BCUT2D eigenvalue weighted by Gasteiger charge is 2.06. The van der Waals surface area contributed by atoms with Crippen LogP contribution in [0.25, 0.3) is 0 Å². The summed E-state index contributed by atoms with van der Waals surface area (Å²) in [5, 5.41) is 2.88. The summed E-state index contributed by atoms with van der Waals surface area (Å²) >= 11 is 0. The Hall–Kier alpha value is -0.970. The first-order valence-electron chi connectivity index (χ1n) is 7.39. The van der Waals surface area contributed by atoms with Gasteiger partial charge >= 0.3 is 0 Å². The number of carbonyl (C=O) groups excluding carboxylic acids is 1. The van der Waals surface area contributed by atoms with Crippen LogP contribution in [0.5, 0.6) is 0 Å². The van der Waals surface area contributed by atoms with E-state index in [4.69, 9.17) is 5.73 Å². The highest BCUT2D eigenvalue weighted by Crippen LogP contribution is 2.14. The number of benzene rings is 1. The van der Waals surface area contributed by atoms with E-state index in [1.54, 1.807) is 0 Å². The van der Waals surface area contributed by atoms with Gasteiger partial charge in [0.1, 0.15) is 0 Å². The van der Waals surface area contributed by atoms with Crippen LogP contribution in [0.1, 0.15) is 43.5 Å². The van der Waals surface area contributed by atoms with Crippen molar-refractivity contribution in [2.45, 2.75) is 39.2 Å². The normalized spacial score (nSPS) is 10.9. The molecule has 0 aliphatic rings. The van der Waals surface area contributed by atoms with E-state index < -0.39 is 0 Å². The van der Waals surface area contributed by atoms with Gasteiger partial charge in [0.15, 0.2) is 0 Å². The lowest BCUT2D eigenvalue weighted by molar-refractivity contribution is 0.0953. The lowest BCUT2D eigenvalue weighted by Gasteiger charge is -2.19. The molecule has 1 atom stereocenters. The highest BCUT2D eigenvalue weighted by molar-refractivity contribution is 5.94. The summed E-state index contributed by atoms with van der Waals surface area (Å²) in [6.07, 6.45) is 3.16. The average molecular weight is 350 g/mol. The van der Waals surface area contributed by atoms with Gasteiger partial charge in [0.25, 0.3) is 5.91 Å². The first-order valence-corrected chi connectivity index (χ1v) is 7.39. The Morgan fingerprint density at radius 1 is 1.27 bits per heavy atom. The van der Waals surface area contributed by atoms with Gasteiger partial charge in [-0.2, -0.15) is 0 Å². The Labute approximate surface area is 146 Å². The third-order valence-corrected chi connectivity index (χ3v) is 3.30. The number of unbranched alkanes of at least 4 members (excludes halogenated alkanes) is 1. The Kier molecular flexibility index (Phi) is 13.3. The molecule has 0 fully saturated rings. The minimum atomic E-state index is -0.0339. The van der Waals surface area contributed by atoms with Gasteiger partial charge in [0, 0.05) is 37.4 Å². The summed E-state index contributed by atoms with van der Waals surface area (Å²) in [5.41, 5.74) is 7.49. The largest absolute Gasteiger partial charge is 0.375 e. The maximum absolute atomic E-state index is 11.9. The molecule has 128 valence electrons. The number of hydrogen-bond acceptors (Lipinski definition) is 3. The lowest BCUT2D eigenvalue weighted by atomic mass is 10.1. The van der Waals surface area contributed by atoms with Crippen LogP contribution in [0, 0.1) is 0 Å². The molecule has 0 saturated carbocycles. The number of halogens is 2. The van der Waals surface area contributed by atoms with Crippen molar-refractivity contribution >= 4 is 36.4 Å². The smallest absolute Gasteiger partial charge is 0.251 e. The molecule has 22 heavy (non-hydrogen) atoms. The van der Waals surface area contributed by atoms with Crippen molar-refractivity contribution in [3.8, 4) is 0 Å². The van der Waals surface area contributed by atoms with Gasteiger partial charge in [-0.1, -0.05) is 13.3 Å². The number of nitrogens with two attached hydrogens (primary N) is 1. The summed E-state index contributed by atoms with van der Waals surface area (Å²) in [6.45, 7) is 5.78. The van der Waals surface area contributed by atoms with Crippen molar-refractivity contribution in [1.29, 1.82) is 0 Å². The molecule has 0 aromatic heterocycles. The van der Waals surface area contributed by atoms with Crippen molar-refractivity contribution < 1.29 is 4.79 Å². The minimum absolute atomic E-state index is 0. The molecule has 6 heteroatoms. The van der Waals surface area contributed by atoms with Crippen molar-refractivity contribution in [3.05, 3.63) is 29.8 Å². The molecule has 1 rings (SSSR count). The first-order chi connectivity index (χ1) is 9.54.